The number of rotatable bonds is 4. The highest BCUT2D eigenvalue weighted by Gasteiger charge is 2.26. The Labute approximate surface area is 122 Å². The monoisotopic (exact) mass is 279 g/mol. The minimum Gasteiger partial charge on any atom is -0.361 e. The first-order chi connectivity index (χ1) is 9.49. The van der Waals surface area contributed by atoms with Gasteiger partial charge in [-0.15, -0.1) is 0 Å². The zero-order valence-corrected chi connectivity index (χ0v) is 13.6. The standard InChI is InChI=1S/C16H29N3O/c1-11(2)9-15-10-19(8-6-7-17-15)13(4)16-12(3)18-20-14(16)5/h11,13,15,17H,6-10H2,1-5H3. The van der Waals surface area contributed by atoms with Crippen molar-refractivity contribution in [3.05, 3.63) is 17.0 Å². The van der Waals surface area contributed by atoms with Crippen LogP contribution in [0.1, 0.15) is 56.7 Å². The van der Waals surface area contributed by atoms with Gasteiger partial charge in [-0.3, -0.25) is 4.90 Å². The fourth-order valence-corrected chi connectivity index (χ4v) is 3.37. The fourth-order valence-electron chi connectivity index (χ4n) is 3.37. The van der Waals surface area contributed by atoms with Crippen LogP contribution in [0, 0.1) is 19.8 Å². The molecule has 4 nitrogen and oxygen atoms in total. The van der Waals surface area contributed by atoms with Gasteiger partial charge < -0.3 is 9.84 Å². The summed E-state index contributed by atoms with van der Waals surface area (Å²) in [7, 11) is 0. The van der Waals surface area contributed by atoms with Gasteiger partial charge in [0, 0.05) is 30.7 Å². The van der Waals surface area contributed by atoms with Gasteiger partial charge in [-0.2, -0.15) is 0 Å². The molecule has 1 fully saturated rings. The highest BCUT2D eigenvalue weighted by atomic mass is 16.5. The van der Waals surface area contributed by atoms with Gasteiger partial charge >= 0.3 is 0 Å². The summed E-state index contributed by atoms with van der Waals surface area (Å²) < 4.78 is 5.34. The SMILES string of the molecule is Cc1noc(C)c1C(C)N1CCCNC(CC(C)C)C1. The molecule has 1 aromatic heterocycles. The van der Waals surface area contributed by atoms with E-state index in [1.165, 1.54) is 18.4 Å². The van der Waals surface area contributed by atoms with E-state index in [0.29, 0.717) is 12.1 Å². The molecule has 0 aromatic carbocycles. The summed E-state index contributed by atoms with van der Waals surface area (Å²) in [5, 5.41) is 7.80. The van der Waals surface area contributed by atoms with Crippen LogP contribution in [0.25, 0.3) is 0 Å². The smallest absolute Gasteiger partial charge is 0.138 e. The second-order valence-corrected chi connectivity index (χ2v) is 6.54. The summed E-state index contributed by atoms with van der Waals surface area (Å²) >= 11 is 0. The number of aromatic nitrogens is 1. The lowest BCUT2D eigenvalue weighted by molar-refractivity contribution is 0.197. The second kappa shape index (κ2) is 6.72. The molecule has 0 bridgehead atoms. The average molecular weight is 279 g/mol. The summed E-state index contributed by atoms with van der Waals surface area (Å²) in [4.78, 5) is 2.58. The molecule has 2 atom stereocenters. The van der Waals surface area contributed by atoms with Crippen molar-refractivity contribution in [3.63, 3.8) is 0 Å². The Balaban J connectivity index is 2.09. The van der Waals surface area contributed by atoms with Crippen molar-refractivity contribution in [2.75, 3.05) is 19.6 Å². The molecule has 1 saturated heterocycles. The van der Waals surface area contributed by atoms with E-state index in [1.54, 1.807) is 0 Å². The number of nitrogens with zero attached hydrogens (tertiary/aromatic N) is 2. The van der Waals surface area contributed by atoms with Gasteiger partial charge in [-0.25, -0.2) is 0 Å². The van der Waals surface area contributed by atoms with Crippen molar-refractivity contribution >= 4 is 0 Å². The summed E-state index contributed by atoms with van der Waals surface area (Å²) in [5.74, 6) is 1.70. The van der Waals surface area contributed by atoms with Crippen LogP contribution >= 0.6 is 0 Å². The number of nitrogens with one attached hydrogen (secondary N) is 1. The molecule has 0 aliphatic carbocycles. The predicted molar refractivity (Wildman–Crippen MR) is 81.8 cm³/mol. The number of hydrogen-bond donors (Lipinski definition) is 1. The third kappa shape index (κ3) is 3.61. The van der Waals surface area contributed by atoms with Crippen LogP contribution in [0.4, 0.5) is 0 Å². The lowest BCUT2D eigenvalue weighted by atomic mass is 10.0. The molecule has 0 saturated carbocycles. The zero-order valence-electron chi connectivity index (χ0n) is 13.6. The number of aryl methyl sites for hydroxylation is 2. The quantitative estimate of drug-likeness (QED) is 0.919. The highest BCUT2D eigenvalue weighted by molar-refractivity contribution is 5.24. The van der Waals surface area contributed by atoms with Crippen molar-refractivity contribution in [1.82, 2.24) is 15.4 Å². The van der Waals surface area contributed by atoms with Crippen molar-refractivity contribution in [2.45, 2.75) is 59.5 Å². The Hall–Kier alpha value is -0.870. The molecule has 0 spiro atoms. The van der Waals surface area contributed by atoms with Gasteiger partial charge in [0.15, 0.2) is 0 Å². The minimum absolute atomic E-state index is 0.385. The van der Waals surface area contributed by atoms with Gasteiger partial charge in [-0.1, -0.05) is 19.0 Å². The molecule has 1 N–H and O–H groups in total. The first kappa shape index (κ1) is 15.5. The van der Waals surface area contributed by atoms with E-state index in [-0.39, 0.29) is 0 Å². The van der Waals surface area contributed by atoms with Crippen LogP contribution in [0.3, 0.4) is 0 Å². The molecule has 2 unspecified atom stereocenters. The third-order valence-electron chi connectivity index (χ3n) is 4.32. The minimum atomic E-state index is 0.385. The maximum atomic E-state index is 5.34. The summed E-state index contributed by atoms with van der Waals surface area (Å²) in [6.07, 6.45) is 2.45. The zero-order chi connectivity index (χ0) is 14.7. The molecule has 20 heavy (non-hydrogen) atoms. The summed E-state index contributed by atoms with van der Waals surface area (Å²) in [6, 6.07) is 0.983. The van der Waals surface area contributed by atoms with Gasteiger partial charge in [0.1, 0.15) is 5.76 Å². The topological polar surface area (TPSA) is 41.3 Å². The van der Waals surface area contributed by atoms with E-state index in [9.17, 15) is 0 Å². The van der Waals surface area contributed by atoms with Crippen molar-refractivity contribution in [3.8, 4) is 0 Å². The Bertz CT molecular complexity index is 408. The molecule has 1 aliphatic heterocycles. The van der Waals surface area contributed by atoms with Crippen molar-refractivity contribution < 1.29 is 4.52 Å². The number of hydrogen-bond acceptors (Lipinski definition) is 4. The van der Waals surface area contributed by atoms with Crippen LogP contribution in [0.5, 0.6) is 0 Å². The van der Waals surface area contributed by atoms with Gasteiger partial charge in [0.2, 0.25) is 0 Å². The Morgan fingerprint density at radius 3 is 2.70 bits per heavy atom. The first-order valence-electron chi connectivity index (χ1n) is 7.89. The molecular weight excluding hydrogens is 250 g/mol. The molecule has 2 heterocycles. The first-order valence-corrected chi connectivity index (χ1v) is 7.89. The molecule has 0 radical (unpaired) electrons. The van der Waals surface area contributed by atoms with Crippen LogP contribution < -0.4 is 5.32 Å². The lowest BCUT2D eigenvalue weighted by Gasteiger charge is -2.30. The average Bonchev–Trinajstić information content (AvgIpc) is 2.60. The summed E-state index contributed by atoms with van der Waals surface area (Å²) in [6.45, 7) is 14.3. The van der Waals surface area contributed by atoms with E-state index in [0.717, 1.165) is 37.0 Å². The van der Waals surface area contributed by atoms with E-state index >= 15 is 0 Å². The van der Waals surface area contributed by atoms with E-state index < -0.39 is 0 Å². The predicted octanol–water partition coefficient (Wildman–Crippen LogP) is 3.06. The molecule has 0 amide bonds. The maximum absolute atomic E-state index is 5.34. The Kier molecular flexibility index (Phi) is 5.22. The Morgan fingerprint density at radius 2 is 2.10 bits per heavy atom. The molecule has 114 valence electrons. The van der Waals surface area contributed by atoms with Crippen LogP contribution in [0.2, 0.25) is 0 Å². The maximum Gasteiger partial charge on any atom is 0.138 e. The van der Waals surface area contributed by atoms with Crippen LogP contribution in [-0.4, -0.2) is 35.7 Å². The molecule has 1 aliphatic rings. The van der Waals surface area contributed by atoms with Crippen LogP contribution in [-0.2, 0) is 0 Å². The fraction of sp³-hybridized carbons (Fsp3) is 0.812. The molecule has 4 heteroatoms. The van der Waals surface area contributed by atoms with Crippen molar-refractivity contribution in [2.24, 2.45) is 5.92 Å². The van der Waals surface area contributed by atoms with E-state index in [2.05, 4.69) is 36.1 Å². The largest absolute Gasteiger partial charge is 0.361 e. The Morgan fingerprint density at radius 1 is 1.35 bits per heavy atom. The molecule has 1 aromatic rings. The molecule has 2 rings (SSSR count). The lowest BCUT2D eigenvalue weighted by Crippen LogP contribution is -2.39. The normalized spacial score (nSPS) is 23.0. The third-order valence-corrected chi connectivity index (χ3v) is 4.32. The molecular formula is C16H29N3O. The summed E-state index contributed by atoms with van der Waals surface area (Å²) in [5.41, 5.74) is 2.31. The van der Waals surface area contributed by atoms with Gasteiger partial charge in [0.25, 0.3) is 0 Å². The second-order valence-electron chi connectivity index (χ2n) is 6.54. The van der Waals surface area contributed by atoms with E-state index in [1.807, 2.05) is 13.8 Å². The van der Waals surface area contributed by atoms with Gasteiger partial charge in [0.05, 0.1) is 5.69 Å². The van der Waals surface area contributed by atoms with Crippen LogP contribution in [0.15, 0.2) is 4.52 Å². The van der Waals surface area contributed by atoms with Gasteiger partial charge in [-0.05, 0) is 46.1 Å². The highest BCUT2D eigenvalue weighted by Crippen LogP contribution is 2.27. The van der Waals surface area contributed by atoms with E-state index in [4.69, 9.17) is 4.52 Å². The van der Waals surface area contributed by atoms with Crippen molar-refractivity contribution in [1.29, 1.82) is 0 Å².